The third kappa shape index (κ3) is 1.91. The van der Waals surface area contributed by atoms with Gasteiger partial charge in [0, 0.05) is 47.5 Å². The molecular weight excluding hydrogens is 255 g/mol. The van der Waals surface area contributed by atoms with Gasteiger partial charge in [-0.05, 0) is 18.2 Å². The Morgan fingerprint density at radius 1 is 1.30 bits per heavy atom. The van der Waals surface area contributed by atoms with Crippen LogP contribution in [0.4, 0.5) is 4.39 Å². The molecule has 3 heterocycles. The number of nitrogens with one attached hydrogen (secondary N) is 2. The Hall–Kier alpha value is -2.14. The lowest BCUT2D eigenvalue weighted by atomic mass is 10.1. The zero-order valence-electron chi connectivity index (χ0n) is 10.2. The molecule has 0 radical (unpaired) electrons. The molecule has 0 bridgehead atoms. The summed E-state index contributed by atoms with van der Waals surface area (Å²) in [6, 6.07) is 5.26. The average Bonchev–Trinajstić information content (AvgIpc) is 2.92. The fourth-order valence-electron chi connectivity index (χ4n) is 2.47. The zero-order valence-corrected chi connectivity index (χ0v) is 10.2. The summed E-state index contributed by atoms with van der Waals surface area (Å²) in [5, 5.41) is 8.66. The van der Waals surface area contributed by atoms with Gasteiger partial charge >= 0.3 is 0 Å². The van der Waals surface area contributed by atoms with Crippen molar-refractivity contribution in [2.75, 3.05) is 13.1 Å². The highest BCUT2D eigenvalue weighted by molar-refractivity contribution is 5.95. The highest BCUT2D eigenvalue weighted by Gasteiger charge is 2.20. The zero-order chi connectivity index (χ0) is 12.8. The van der Waals surface area contributed by atoms with Crippen LogP contribution in [0.3, 0.4) is 0 Å². The Morgan fingerprint density at radius 2 is 2.15 bits per heavy atom. The summed E-state index contributed by atoms with van der Waals surface area (Å²) in [6.45, 7) is 1.94. The minimum atomic E-state index is -0.225. The van der Waals surface area contributed by atoms with E-state index in [0.29, 0.717) is 6.04 Å². The van der Waals surface area contributed by atoms with Crippen LogP contribution in [0.25, 0.3) is 22.0 Å². The van der Waals surface area contributed by atoms with Crippen molar-refractivity contribution in [3.05, 3.63) is 42.6 Å². The predicted molar refractivity (Wildman–Crippen MR) is 78.1 cm³/mol. The van der Waals surface area contributed by atoms with Crippen LogP contribution in [-0.4, -0.2) is 27.9 Å². The molecule has 2 aromatic heterocycles. The molecule has 1 aromatic carbocycles. The van der Waals surface area contributed by atoms with Crippen LogP contribution in [0.1, 0.15) is 13.5 Å². The number of nitrogens with zero attached hydrogens (tertiary/aromatic N) is 2. The summed E-state index contributed by atoms with van der Waals surface area (Å²) < 4.78 is 15.2. The number of aromatic nitrogens is 3. The molecular formula is C15H17FN4. The van der Waals surface area contributed by atoms with Gasteiger partial charge in [0.2, 0.25) is 0 Å². The molecule has 1 saturated heterocycles. The van der Waals surface area contributed by atoms with Gasteiger partial charge in [-0.3, -0.25) is 4.68 Å². The normalized spacial score (nSPS) is 15.1. The van der Waals surface area contributed by atoms with E-state index in [4.69, 9.17) is 0 Å². The van der Waals surface area contributed by atoms with Crippen molar-refractivity contribution < 1.29 is 4.39 Å². The number of H-pyrrole nitrogens is 1. The van der Waals surface area contributed by atoms with Crippen LogP contribution in [0.5, 0.6) is 0 Å². The van der Waals surface area contributed by atoms with Gasteiger partial charge < -0.3 is 10.3 Å². The first-order chi connectivity index (χ1) is 9.31. The maximum absolute atomic E-state index is 13.2. The number of halogens is 1. The molecule has 3 aromatic rings. The predicted octanol–water partition coefficient (Wildman–Crippen LogP) is 2.95. The van der Waals surface area contributed by atoms with E-state index >= 15 is 0 Å². The van der Waals surface area contributed by atoms with Crippen molar-refractivity contribution in [1.29, 1.82) is 0 Å². The summed E-state index contributed by atoms with van der Waals surface area (Å²) >= 11 is 0. The molecule has 4 rings (SSSR count). The second-order valence-corrected chi connectivity index (χ2v) is 4.91. The van der Waals surface area contributed by atoms with E-state index in [1.54, 1.807) is 6.07 Å². The van der Waals surface area contributed by atoms with Gasteiger partial charge in [0.15, 0.2) is 0 Å². The quantitative estimate of drug-likeness (QED) is 0.753. The highest BCUT2D eigenvalue weighted by atomic mass is 19.1. The third-order valence-electron chi connectivity index (χ3n) is 3.69. The second-order valence-electron chi connectivity index (χ2n) is 4.91. The summed E-state index contributed by atoms with van der Waals surface area (Å²) in [6.07, 6.45) is 5.83. The van der Waals surface area contributed by atoms with E-state index < -0.39 is 0 Å². The van der Waals surface area contributed by atoms with E-state index in [1.807, 2.05) is 17.1 Å². The first-order valence-corrected chi connectivity index (χ1v) is 6.33. The lowest BCUT2D eigenvalue weighted by Gasteiger charge is -2.27. The van der Waals surface area contributed by atoms with Crippen molar-refractivity contribution in [3.8, 4) is 11.1 Å². The molecule has 0 saturated carbocycles. The molecule has 1 fully saturated rings. The molecule has 20 heavy (non-hydrogen) atoms. The van der Waals surface area contributed by atoms with E-state index in [1.165, 1.54) is 12.1 Å². The summed E-state index contributed by atoms with van der Waals surface area (Å²) in [5.74, 6) is -0.225. The number of benzene rings is 1. The van der Waals surface area contributed by atoms with E-state index in [0.717, 1.165) is 35.1 Å². The summed E-state index contributed by atoms with van der Waals surface area (Å²) in [7, 11) is 0. The van der Waals surface area contributed by atoms with Crippen molar-refractivity contribution in [3.63, 3.8) is 0 Å². The molecule has 0 unspecified atom stereocenters. The molecule has 4 nitrogen and oxygen atoms in total. The Balaban J connectivity index is 0.00000121. The molecule has 5 heteroatoms. The van der Waals surface area contributed by atoms with Gasteiger partial charge in [-0.2, -0.15) is 5.10 Å². The fourth-order valence-corrected chi connectivity index (χ4v) is 2.47. The lowest BCUT2D eigenvalue weighted by molar-refractivity contribution is 0.318. The van der Waals surface area contributed by atoms with Gasteiger partial charge in [-0.15, -0.1) is 0 Å². The van der Waals surface area contributed by atoms with Crippen LogP contribution in [0, 0.1) is 5.82 Å². The van der Waals surface area contributed by atoms with Gasteiger partial charge in [-0.25, -0.2) is 4.39 Å². The smallest absolute Gasteiger partial charge is 0.125 e. The fraction of sp³-hybridized carbons (Fsp3) is 0.267. The van der Waals surface area contributed by atoms with E-state index in [9.17, 15) is 4.39 Å². The molecule has 0 spiro atoms. The minimum absolute atomic E-state index is 0. The first-order valence-electron chi connectivity index (χ1n) is 6.33. The van der Waals surface area contributed by atoms with Crippen LogP contribution < -0.4 is 5.32 Å². The molecule has 0 atom stereocenters. The van der Waals surface area contributed by atoms with Gasteiger partial charge in [0.05, 0.1) is 12.2 Å². The van der Waals surface area contributed by atoms with Crippen molar-refractivity contribution in [2.45, 2.75) is 13.5 Å². The van der Waals surface area contributed by atoms with Gasteiger partial charge in [0.1, 0.15) is 5.82 Å². The van der Waals surface area contributed by atoms with E-state index in [2.05, 4.69) is 21.6 Å². The number of aromatic amines is 1. The number of fused-ring (bicyclic) bond motifs is 1. The van der Waals surface area contributed by atoms with E-state index in [-0.39, 0.29) is 13.2 Å². The monoisotopic (exact) mass is 272 g/mol. The lowest BCUT2D eigenvalue weighted by Crippen LogP contribution is -2.43. The van der Waals surface area contributed by atoms with Crippen molar-refractivity contribution in [2.24, 2.45) is 0 Å². The Kier molecular flexibility index (Phi) is 3.06. The maximum Gasteiger partial charge on any atom is 0.125 e. The standard InChI is InChI=1S/C14H13FN4.CH4/c15-10-1-2-12-13(7-17-14(12)3-10)9-4-18-19(8-9)11-5-16-6-11;/h1-4,7-8,11,16-17H,5-6H2;1H4. The molecule has 2 N–H and O–H groups in total. The Labute approximate surface area is 116 Å². The van der Waals surface area contributed by atoms with Gasteiger partial charge in [0.25, 0.3) is 0 Å². The van der Waals surface area contributed by atoms with Crippen molar-refractivity contribution in [1.82, 2.24) is 20.1 Å². The number of hydrogen-bond donors (Lipinski definition) is 2. The topological polar surface area (TPSA) is 45.6 Å². The Bertz CT molecular complexity index is 739. The minimum Gasteiger partial charge on any atom is -0.360 e. The third-order valence-corrected chi connectivity index (χ3v) is 3.69. The molecule has 104 valence electrons. The van der Waals surface area contributed by atoms with Gasteiger partial charge in [-0.1, -0.05) is 7.43 Å². The first kappa shape index (κ1) is 12.9. The number of hydrogen-bond acceptors (Lipinski definition) is 2. The summed E-state index contributed by atoms with van der Waals surface area (Å²) in [5.41, 5.74) is 2.94. The number of rotatable bonds is 2. The maximum atomic E-state index is 13.2. The molecule has 1 aliphatic heterocycles. The second kappa shape index (κ2) is 4.76. The largest absolute Gasteiger partial charge is 0.360 e. The molecule has 1 aliphatic rings. The highest BCUT2D eigenvalue weighted by Crippen LogP contribution is 2.29. The average molecular weight is 272 g/mol. The summed E-state index contributed by atoms with van der Waals surface area (Å²) in [4.78, 5) is 3.10. The van der Waals surface area contributed by atoms with Crippen LogP contribution in [0.2, 0.25) is 0 Å². The molecule has 0 amide bonds. The molecule has 0 aliphatic carbocycles. The van der Waals surface area contributed by atoms with Crippen LogP contribution >= 0.6 is 0 Å². The SMILES string of the molecule is C.Fc1ccc2c(-c3cnn(C4CNC4)c3)c[nH]c2c1. The van der Waals surface area contributed by atoms with Crippen LogP contribution in [0.15, 0.2) is 36.8 Å². The Morgan fingerprint density at radius 3 is 2.90 bits per heavy atom. The van der Waals surface area contributed by atoms with Crippen molar-refractivity contribution >= 4 is 10.9 Å². The van der Waals surface area contributed by atoms with Crippen LogP contribution in [-0.2, 0) is 0 Å².